The highest BCUT2D eigenvalue weighted by atomic mass is 16.2. The first-order valence-corrected chi connectivity index (χ1v) is 10.0. The van der Waals surface area contributed by atoms with Gasteiger partial charge >= 0.3 is 6.03 Å². The van der Waals surface area contributed by atoms with Gasteiger partial charge in [0.1, 0.15) is 6.54 Å². The summed E-state index contributed by atoms with van der Waals surface area (Å²) in [6, 6.07) is 18.2. The number of imide groups is 1. The fourth-order valence-corrected chi connectivity index (χ4v) is 3.72. The van der Waals surface area contributed by atoms with Crippen LogP contribution in [0.15, 0.2) is 60.7 Å². The summed E-state index contributed by atoms with van der Waals surface area (Å²) in [6.45, 7) is 3.69. The number of benzene rings is 2. The highest BCUT2D eigenvalue weighted by Gasteiger charge is 2.52. The molecule has 4 amide bonds. The van der Waals surface area contributed by atoms with Gasteiger partial charge in [-0.2, -0.15) is 0 Å². The van der Waals surface area contributed by atoms with Crippen LogP contribution in [0.5, 0.6) is 0 Å². The van der Waals surface area contributed by atoms with E-state index in [-0.39, 0.29) is 18.5 Å². The van der Waals surface area contributed by atoms with E-state index in [1.165, 1.54) is 0 Å². The van der Waals surface area contributed by atoms with Crippen LogP contribution >= 0.6 is 0 Å². The maximum atomic E-state index is 13.5. The van der Waals surface area contributed by atoms with Crippen molar-refractivity contribution >= 4 is 17.8 Å². The van der Waals surface area contributed by atoms with Gasteiger partial charge in [-0.3, -0.25) is 14.5 Å². The maximum absolute atomic E-state index is 13.5. The van der Waals surface area contributed by atoms with Crippen LogP contribution in [-0.2, 0) is 21.5 Å². The third-order valence-corrected chi connectivity index (χ3v) is 5.41. The lowest BCUT2D eigenvalue weighted by Gasteiger charge is -2.27. The zero-order valence-electron chi connectivity index (χ0n) is 16.9. The van der Waals surface area contributed by atoms with E-state index in [1.54, 1.807) is 0 Å². The molecule has 0 spiro atoms. The van der Waals surface area contributed by atoms with E-state index < -0.39 is 17.5 Å². The van der Waals surface area contributed by atoms with E-state index in [2.05, 4.69) is 10.6 Å². The van der Waals surface area contributed by atoms with Crippen molar-refractivity contribution in [1.29, 1.82) is 0 Å². The Morgan fingerprint density at radius 1 is 1.00 bits per heavy atom. The molecule has 3 rings (SSSR count). The number of carbonyl (C=O) groups excluding carboxylic acids is 3. The van der Waals surface area contributed by atoms with Gasteiger partial charge in [0.15, 0.2) is 5.54 Å². The molecular formula is C23H27N3O3. The molecule has 6 nitrogen and oxygen atoms in total. The second-order valence-corrected chi connectivity index (χ2v) is 7.34. The molecule has 1 fully saturated rings. The standard InChI is InChI=1S/C23H27N3O3/c1-3-19(4-2)24-20(27)16-26-21(28)23(25-22(26)29,18-13-9-6-10-14-18)15-17-11-7-5-8-12-17/h5-14,19H,3-4,15-16H2,1-2H3,(H,24,27)(H,25,29)/t23-/m1/s1. The molecule has 1 heterocycles. The SMILES string of the molecule is CCC(CC)NC(=O)CN1C(=O)N[C@](Cc2ccccc2)(c2ccccc2)C1=O. The molecule has 1 atom stereocenters. The fourth-order valence-electron chi connectivity index (χ4n) is 3.72. The second-order valence-electron chi connectivity index (χ2n) is 7.34. The van der Waals surface area contributed by atoms with Crippen molar-refractivity contribution in [3.8, 4) is 0 Å². The largest absolute Gasteiger partial charge is 0.352 e. The number of hydrogen-bond acceptors (Lipinski definition) is 3. The lowest BCUT2D eigenvalue weighted by atomic mass is 9.83. The molecule has 29 heavy (non-hydrogen) atoms. The number of carbonyl (C=O) groups is 3. The van der Waals surface area contributed by atoms with Gasteiger partial charge in [0, 0.05) is 12.5 Å². The predicted octanol–water partition coefficient (Wildman–Crippen LogP) is 2.98. The summed E-state index contributed by atoms with van der Waals surface area (Å²) in [6.07, 6.45) is 1.90. The van der Waals surface area contributed by atoms with Crippen LogP contribution < -0.4 is 10.6 Å². The van der Waals surface area contributed by atoms with Gasteiger partial charge in [0.2, 0.25) is 5.91 Å². The molecule has 2 aromatic carbocycles. The summed E-state index contributed by atoms with van der Waals surface area (Å²) in [4.78, 5) is 39.7. The summed E-state index contributed by atoms with van der Waals surface area (Å²) >= 11 is 0. The molecule has 0 aromatic heterocycles. The normalized spacial score (nSPS) is 18.8. The van der Waals surface area contributed by atoms with Crippen LogP contribution in [0.25, 0.3) is 0 Å². The molecular weight excluding hydrogens is 366 g/mol. The Balaban J connectivity index is 1.89. The van der Waals surface area contributed by atoms with Gasteiger partial charge in [0.25, 0.3) is 5.91 Å². The summed E-state index contributed by atoms with van der Waals surface area (Å²) in [5.41, 5.74) is 0.396. The first-order valence-electron chi connectivity index (χ1n) is 10.0. The minimum Gasteiger partial charge on any atom is -0.352 e. The van der Waals surface area contributed by atoms with Gasteiger partial charge < -0.3 is 10.6 Å². The Hall–Kier alpha value is -3.15. The maximum Gasteiger partial charge on any atom is 0.325 e. The van der Waals surface area contributed by atoms with Crippen molar-refractivity contribution in [2.45, 2.75) is 44.7 Å². The van der Waals surface area contributed by atoms with Gasteiger partial charge in [-0.25, -0.2) is 4.79 Å². The van der Waals surface area contributed by atoms with Gasteiger partial charge in [-0.1, -0.05) is 74.5 Å². The van der Waals surface area contributed by atoms with Gasteiger partial charge in [0.05, 0.1) is 0 Å². The summed E-state index contributed by atoms with van der Waals surface area (Å²) in [5, 5.41) is 5.76. The summed E-state index contributed by atoms with van der Waals surface area (Å²) < 4.78 is 0. The van der Waals surface area contributed by atoms with E-state index in [0.717, 1.165) is 23.3 Å². The number of hydrogen-bond donors (Lipinski definition) is 2. The number of amides is 4. The molecule has 0 saturated carbocycles. The zero-order chi connectivity index (χ0) is 20.9. The third kappa shape index (κ3) is 4.31. The van der Waals surface area contributed by atoms with Crippen LogP contribution in [-0.4, -0.2) is 35.3 Å². The van der Waals surface area contributed by atoms with E-state index >= 15 is 0 Å². The zero-order valence-corrected chi connectivity index (χ0v) is 16.9. The van der Waals surface area contributed by atoms with Crippen LogP contribution in [0.2, 0.25) is 0 Å². The lowest BCUT2D eigenvalue weighted by Crippen LogP contribution is -2.47. The Labute approximate surface area is 171 Å². The van der Waals surface area contributed by atoms with Crippen LogP contribution in [0, 0.1) is 0 Å². The second kappa shape index (κ2) is 8.90. The van der Waals surface area contributed by atoms with Crippen molar-refractivity contribution < 1.29 is 14.4 Å². The molecule has 152 valence electrons. The van der Waals surface area contributed by atoms with E-state index in [1.807, 2.05) is 74.5 Å². The molecule has 0 bridgehead atoms. The Morgan fingerprint density at radius 3 is 2.17 bits per heavy atom. The van der Waals surface area contributed by atoms with Crippen molar-refractivity contribution in [3.05, 3.63) is 71.8 Å². The van der Waals surface area contributed by atoms with Crippen LogP contribution in [0.4, 0.5) is 4.79 Å². The topological polar surface area (TPSA) is 78.5 Å². The molecule has 0 aliphatic carbocycles. The highest BCUT2D eigenvalue weighted by molar-refractivity contribution is 6.09. The average molecular weight is 393 g/mol. The monoisotopic (exact) mass is 393 g/mol. The van der Waals surface area contributed by atoms with Gasteiger partial charge in [-0.15, -0.1) is 0 Å². The Morgan fingerprint density at radius 2 is 1.59 bits per heavy atom. The lowest BCUT2D eigenvalue weighted by molar-refractivity contribution is -0.135. The van der Waals surface area contributed by atoms with Crippen molar-refractivity contribution in [3.63, 3.8) is 0 Å². The number of rotatable bonds is 8. The summed E-state index contributed by atoms with van der Waals surface area (Å²) in [7, 11) is 0. The fraction of sp³-hybridized carbons (Fsp3) is 0.348. The van der Waals surface area contributed by atoms with Crippen LogP contribution in [0.3, 0.4) is 0 Å². The van der Waals surface area contributed by atoms with E-state index in [9.17, 15) is 14.4 Å². The van der Waals surface area contributed by atoms with Crippen LogP contribution in [0.1, 0.15) is 37.8 Å². The Kier molecular flexibility index (Phi) is 6.32. The molecule has 2 aromatic rings. The minimum absolute atomic E-state index is 0.0338. The molecule has 2 N–H and O–H groups in total. The first kappa shape index (κ1) is 20.6. The molecule has 0 radical (unpaired) electrons. The molecule has 1 aliphatic rings. The van der Waals surface area contributed by atoms with E-state index in [4.69, 9.17) is 0 Å². The van der Waals surface area contributed by atoms with E-state index in [0.29, 0.717) is 12.0 Å². The van der Waals surface area contributed by atoms with Gasteiger partial charge in [-0.05, 0) is 24.0 Å². The number of nitrogens with one attached hydrogen (secondary N) is 2. The third-order valence-electron chi connectivity index (χ3n) is 5.41. The highest BCUT2D eigenvalue weighted by Crippen LogP contribution is 2.32. The predicted molar refractivity (Wildman–Crippen MR) is 111 cm³/mol. The quantitative estimate of drug-likeness (QED) is 0.677. The first-order chi connectivity index (χ1) is 14.0. The number of urea groups is 1. The molecule has 6 heteroatoms. The smallest absolute Gasteiger partial charge is 0.325 e. The summed E-state index contributed by atoms with van der Waals surface area (Å²) in [5.74, 6) is -0.733. The van der Waals surface area contributed by atoms with Crippen molar-refractivity contribution in [2.75, 3.05) is 6.54 Å². The minimum atomic E-state index is -1.23. The number of nitrogens with zero attached hydrogens (tertiary/aromatic N) is 1. The average Bonchev–Trinajstić information content (AvgIpc) is 2.98. The molecule has 1 aliphatic heterocycles. The van der Waals surface area contributed by atoms with Crippen molar-refractivity contribution in [2.24, 2.45) is 0 Å². The Bertz CT molecular complexity index is 865. The van der Waals surface area contributed by atoms with Crippen molar-refractivity contribution in [1.82, 2.24) is 15.5 Å². The molecule has 1 saturated heterocycles. The molecule has 0 unspecified atom stereocenters.